The molecule has 11 heteroatoms. The second-order valence-electron chi connectivity index (χ2n) is 7.64. The van der Waals surface area contributed by atoms with Gasteiger partial charge in [0.15, 0.2) is 0 Å². The van der Waals surface area contributed by atoms with Gasteiger partial charge >= 0.3 is 0 Å². The molecule has 8 nitrogen and oxygen atoms in total. The van der Waals surface area contributed by atoms with Crippen LogP contribution in [0.15, 0.2) is 34.5 Å². The summed E-state index contributed by atoms with van der Waals surface area (Å²) in [6.07, 6.45) is 0.109. The lowest BCUT2D eigenvalue weighted by Crippen LogP contribution is -2.37. The molecule has 0 spiro atoms. The van der Waals surface area contributed by atoms with Gasteiger partial charge in [-0.2, -0.15) is 16.1 Å². The third-order valence-electron chi connectivity index (χ3n) is 5.60. The van der Waals surface area contributed by atoms with Gasteiger partial charge in [0.25, 0.3) is 10.0 Å². The van der Waals surface area contributed by atoms with E-state index in [1.54, 1.807) is 55.0 Å². The fraction of sp³-hybridized carbons (Fsp3) is 0.429. The highest BCUT2D eigenvalue weighted by atomic mass is 32.2. The Bertz CT molecular complexity index is 1110. The van der Waals surface area contributed by atoms with Crippen molar-refractivity contribution in [3.8, 4) is 5.75 Å². The molecule has 1 N–H and O–H groups in total. The number of sulfonamides is 1. The molecule has 2 aliphatic rings. The van der Waals surface area contributed by atoms with Crippen LogP contribution in [0.2, 0.25) is 0 Å². The maximum absolute atomic E-state index is 12.9. The van der Waals surface area contributed by atoms with Crippen molar-refractivity contribution >= 4 is 56.3 Å². The maximum Gasteiger partial charge on any atom is 0.252 e. The lowest BCUT2D eigenvalue weighted by molar-refractivity contribution is -0.122. The Kier molecular flexibility index (Phi) is 6.80. The van der Waals surface area contributed by atoms with E-state index in [2.05, 4.69) is 5.32 Å². The molecule has 1 atom stereocenters. The molecule has 172 valence electrons. The van der Waals surface area contributed by atoms with Crippen LogP contribution in [0.4, 0.5) is 11.4 Å². The number of carbonyl (C=O) groups is 2. The van der Waals surface area contributed by atoms with Crippen LogP contribution in [0.25, 0.3) is 0 Å². The van der Waals surface area contributed by atoms with E-state index in [0.29, 0.717) is 30.2 Å². The molecule has 2 fully saturated rings. The molecular formula is C21H25N3O5S3. The number of hydrogen-bond donors (Lipinski definition) is 1. The summed E-state index contributed by atoms with van der Waals surface area (Å²) in [5.41, 5.74) is 1.20. The SMILES string of the molecule is COc1ccc(N2CC(C(=O)Nc3cc(S(=O)(=O)N4CCSCC4)sc3C)CC2=O)cc1. The highest BCUT2D eigenvalue weighted by Crippen LogP contribution is 2.34. The zero-order valence-electron chi connectivity index (χ0n) is 17.9. The highest BCUT2D eigenvalue weighted by Gasteiger charge is 2.36. The van der Waals surface area contributed by atoms with E-state index < -0.39 is 15.9 Å². The zero-order valence-corrected chi connectivity index (χ0v) is 20.3. The Hall–Kier alpha value is -2.08. The minimum Gasteiger partial charge on any atom is -0.497 e. The lowest BCUT2D eigenvalue weighted by Gasteiger charge is -2.24. The maximum atomic E-state index is 12.9. The Morgan fingerprint density at radius 3 is 2.53 bits per heavy atom. The minimum atomic E-state index is -3.56. The molecule has 0 saturated carbocycles. The summed E-state index contributed by atoms with van der Waals surface area (Å²) in [7, 11) is -1.99. The van der Waals surface area contributed by atoms with Gasteiger partial charge < -0.3 is 15.0 Å². The van der Waals surface area contributed by atoms with Gasteiger partial charge in [-0.05, 0) is 37.3 Å². The van der Waals surface area contributed by atoms with E-state index in [1.807, 2.05) is 0 Å². The number of carbonyl (C=O) groups excluding carboxylic acids is 2. The van der Waals surface area contributed by atoms with Crippen LogP contribution >= 0.6 is 23.1 Å². The largest absolute Gasteiger partial charge is 0.497 e. The average molecular weight is 496 g/mol. The van der Waals surface area contributed by atoms with Crippen LogP contribution < -0.4 is 15.0 Å². The molecule has 1 unspecified atom stereocenters. The van der Waals surface area contributed by atoms with Crippen LogP contribution in [0, 0.1) is 12.8 Å². The summed E-state index contributed by atoms with van der Waals surface area (Å²) < 4.78 is 32.8. The number of benzene rings is 1. The van der Waals surface area contributed by atoms with Gasteiger partial charge in [-0.1, -0.05) is 0 Å². The third-order valence-corrected chi connectivity index (χ3v) is 9.94. The number of thiophene rings is 1. The van der Waals surface area contributed by atoms with Crippen LogP contribution in [0.3, 0.4) is 0 Å². The summed E-state index contributed by atoms with van der Waals surface area (Å²) in [5, 5.41) is 2.84. The molecule has 0 bridgehead atoms. The fourth-order valence-electron chi connectivity index (χ4n) is 3.75. The smallest absolute Gasteiger partial charge is 0.252 e. The summed E-state index contributed by atoms with van der Waals surface area (Å²) >= 11 is 2.90. The predicted molar refractivity (Wildman–Crippen MR) is 127 cm³/mol. The van der Waals surface area contributed by atoms with Gasteiger partial charge in [-0.25, -0.2) is 8.42 Å². The number of anilines is 2. The monoisotopic (exact) mass is 495 g/mol. The minimum absolute atomic E-state index is 0.109. The number of nitrogens with zero attached hydrogens (tertiary/aromatic N) is 2. The lowest BCUT2D eigenvalue weighted by atomic mass is 10.1. The van der Waals surface area contributed by atoms with Gasteiger partial charge in [0.1, 0.15) is 9.96 Å². The van der Waals surface area contributed by atoms with Gasteiger partial charge in [-0.3, -0.25) is 9.59 Å². The first-order valence-electron chi connectivity index (χ1n) is 10.2. The van der Waals surface area contributed by atoms with E-state index in [0.717, 1.165) is 27.7 Å². The molecule has 0 aliphatic carbocycles. The molecular weight excluding hydrogens is 470 g/mol. The van der Waals surface area contributed by atoms with Gasteiger partial charge in [0.05, 0.1) is 18.7 Å². The fourth-order valence-corrected chi connectivity index (χ4v) is 7.88. The van der Waals surface area contributed by atoms with Crippen molar-refractivity contribution in [3.05, 3.63) is 35.2 Å². The van der Waals surface area contributed by atoms with Crippen LogP contribution in [-0.4, -0.2) is 62.8 Å². The van der Waals surface area contributed by atoms with Crippen molar-refractivity contribution in [2.75, 3.05) is 48.5 Å². The first kappa shape index (κ1) is 23.1. The van der Waals surface area contributed by atoms with Crippen molar-refractivity contribution in [2.45, 2.75) is 17.6 Å². The molecule has 2 amide bonds. The van der Waals surface area contributed by atoms with Gasteiger partial charge in [-0.15, -0.1) is 11.3 Å². The molecule has 1 aromatic carbocycles. The van der Waals surface area contributed by atoms with E-state index in [4.69, 9.17) is 4.74 Å². The van der Waals surface area contributed by atoms with Gasteiger partial charge in [0, 0.05) is 48.1 Å². The number of nitrogens with one attached hydrogen (secondary N) is 1. The number of aryl methyl sites for hydroxylation is 1. The molecule has 3 heterocycles. The van der Waals surface area contributed by atoms with Crippen LogP contribution in [-0.2, 0) is 19.6 Å². The molecule has 0 radical (unpaired) electrons. The van der Waals surface area contributed by atoms with Crippen molar-refractivity contribution in [3.63, 3.8) is 0 Å². The molecule has 32 heavy (non-hydrogen) atoms. The molecule has 2 aliphatic heterocycles. The van der Waals surface area contributed by atoms with E-state index in [9.17, 15) is 18.0 Å². The summed E-state index contributed by atoms with van der Waals surface area (Å²) in [4.78, 5) is 27.7. The second kappa shape index (κ2) is 9.42. The van der Waals surface area contributed by atoms with Crippen molar-refractivity contribution in [1.82, 2.24) is 4.31 Å². The molecule has 1 aromatic heterocycles. The van der Waals surface area contributed by atoms with E-state index in [-0.39, 0.29) is 29.0 Å². The van der Waals surface area contributed by atoms with Crippen molar-refractivity contribution in [1.29, 1.82) is 0 Å². The number of methoxy groups -OCH3 is 1. The Morgan fingerprint density at radius 1 is 1.19 bits per heavy atom. The number of hydrogen-bond acceptors (Lipinski definition) is 7. The quantitative estimate of drug-likeness (QED) is 0.662. The predicted octanol–water partition coefficient (Wildman–Crippen LogP) is 2.79. The van der Waals surface area contributed by atoms with Crippen molar-refractivity contribution in [2.24, 2.45) is 5.92 Å². The number of thioether (sulfide) groups is 1. The van der Waals surface area contributed by atoms with Crippen LogP contribution in [0.1, 0.15) is 11.3 Å². The summed E-state index contributed by atoms with van der Waals surface area (Å²) in [6.45, 7) is 3.06. The van der Waals surface area contributed by atoms with Gasteiger partial charge in [0.2, 0.25) is 11.8 Å². The van der Waals surface area contributed by atoms with E-state index >= 15 is 0 Å². The topological polar surface area (TPSA) is 96.0 Å². The second-order valence-corrected chi connectivity index (χ2v) is 12.3. The number of rotatable bonds is 6. The highest BCUT2D eigenvalue weighted by molar-refractivity contribution is 7.99. The zero-order chi connectivity index (χ0) is 22.9. The van der Waals surface area contributed by atoms with Crippen molar-refractivity contribution < 1.29 is 22.7 Å². The normalized spacial score (nSPS) is 19.9. The van der Waals surface area contributed by atoms with E-state index in [1.165, 1.54) is 10.4 Å². The molecule has 2 aromatic rings. The average Bonchev–Trinajstić information content (AvgIpc) is 3.37. The third kappa shape index (κ3) is 4.66. The number of amides is 2. The standard InChI is InChI=1S/C21H25N3O5S3/c1-14-18(12-20(31-14)32(27,28)23-7-9-30-10-8-23)22-21(26)15-11-19(25)24(13-15)16-3-5-17(29-2)6-4-16/h3-6,12,15H,7-11,13H2,1-2H3,(H,22,26). The Labute approximate surface area is 196 Å². The molecule has 2 saturated heterocycles. The number of ether oxygens (including phenoxy) is 1. The first-order chi connectivity index (χ1) is 15.3. The molecule has 4 rings (SSSR count). The Balaban J connectivity index is 1.44. The first-order valence-corrected chi connectivity index (χ1v) is 13.6. The Morgan fingerprint density at radius 2 is 1.88 bits per heavy atom. The summed E-state index contributed by atoms with van der Waals surface area (Å²) in [6, 6.07) is 8.65. The van der Waals surface area contributed by atoms with Crippen LogP contribution in [0.5, 0.6) is 5.75 Å². The summed E-state index contributed by atoms with van der Waals surface area (Å²) in [5.74, 6) is 1.35.